The molecule has 0 atom stereocenters. The summed E-state index contributed by atoms with van der Waals surface area (Å²) in [5.41, 5.74) is -1.28. The minimum atomic E-state index is -4.74. The van der Waals surface area contributed by atoms with Gasteiger partial charge in [-0.2, -0.15) is 13.2 Å². The van der Waals surface area contributed by atoms with E-state index in [4.69, 9.17) is 4.74 Å². The number of alkyl halides is 3. The van der Waals surface area contributed by atoms with Gasteiger partial charge in [-0.3, -0.25) is 10.1 Å². The number of esters is 1. The number of benzene rings is 2. The first-order chi connectivity index (χ1) is 11.7. The van der Waals surface area contributed by atoms with Gasteiger partial charge in [0.05, 0.1) is 10.5 Å². The number of hydrogen-bond acceptors (Lipinski definition) is 4. The Kier molecular flexibility index (Phi) is 5.21. The number of aryl methyl sites for hydroxylation is 1. The molecule has 0 aromatic heterocycles. The van der Waals surface area contributed by atoms with Gasteiger partial charge in [-0.05, 0) is 24.6 Å². The van der Waals surface area contributed by atoms with Gasteiger partial charge in [-0.25, -0.2) is 4.79 Å². The second kappa shape index (κ2) is 7.16. The number of allylic oxidation sites excluding steroid dienone is 1. The first-order valence-corrected chi connectivity index (χ1v) is 6.99. The van der Waals surface area contributed by atoms with Gasteiger partial charge in [0.1, 0.15) is 5.75 Å². The highest BCUT2D eigenvalue weighted by Crippen LogP contribution is 2.34. The topological polar surface area (TPSA) is 69.4 Å². The van der Waals surface area contributed by atoms with E-state index in [1.54, 1.807) is 6.07 Å². The van der Waals surface area contributed by atoms with E-state index in [1.165, 1.54) is 37.3 Å². The van der Waals surface area contributed by atoms with E-state index in [0.717, 1.165) is 12.1 Å². The number of nitro benzene ring substituents is 1. The number of ether oxygens (including phenoxy) is 1. The summed E-state index contributed by atoms with van der Waals surface area (Å²) in [4.78, 5) is 22.0. The smallest absolute Gasteiger partial charge is 0.417 e. The van der Waals surface area contributed by atoms with Crippen LogP contribution in [0.4, 0.5) is 18.9 Å². The van der Waals surface area contributed by atoms with Crippen molar-refractivity contribution in [1.82, 2.24) is 0 Å². The third-order valence-electron chi connectivity index (χ3n) is 3.24. The molecule has 0 amide bonds. The molecule has 2 rings (SSSR count). The average molecular weight is 351 g/mol. The molecule has 5 nitrogen and oxygen atoms in total. The van der Waals surface area contributed by atoms with Crippen LogP contribution >= 0.6 is 0 Å². The van der Waals surface area contributed by atoms with Gasteiger partial charge >= 0.3 is 12.1 Å². The SMILES string of the molecule is Cc1cc(OC(=O)/C=C(/c2ccccc2)C(F)(F)F)ccc1[N+](=O)[O-]. The minimum absolute atomic E-state index is 0.0843. The number of carbonyl (C=O) groups is 1. The van der Waals surface area contributed by atoms with E-state index < -0.39 is 22.6 Å². The number of hydrogen-bond donors (Lipinski definition) is 0. The summed E-state index contributed by atoms with van der Waals surface area (Å²) >= 11 is 0. The van der Waals surface area contributed by atoms with Crippen molar-refractivity contribution >= 4 is 17.2 Å². The van der Waals surface area contributed by atoms with Crippen molar-refractivity contribution in [2.75, 3.05) is 0 Å². The Labute approximate surface area is 140 Å². The lowest BCUT2D eigenvalue weighted by Crippen LogP contribution is -2.14. The molecule has 0 N–H and O–H groups in total. The summed E-state index contributed by atoms with van der Waals surface area (Å²) in [5, 5.41) is 10.7. The van der Waals surface area contributed by atoms with Gasteiger partial charge in [-0.1, -0.05) is 30.3 Å². The van der Waals surface area contributed by atoms with Crippen molar-refractivity contribution in [2.45, 2.75) is 13.1 Å². The number of nitrogens with zero attached hydrogens (tertiary/aromatic N) is 1. The van der Waals surface area contributed by atoms with Crippen LogP contribution in [-0.4, -0.2) is 17.1 Å². The van der Waals surface area contributed by atoms with E-state index >= 15 is 0 Å². The van der Waals surface area contributed by atoms with Crippen LogP contribution in [0.3, 0.4) is 0 Å². The van der Waals surface area contributed by atoms with Crippen molar-refractivity contribution in [3.63, 3.8) is 0 Å². The van der Waals surface area contributed by atoms with E-state index in [-0.39, 0.29) is 22.6 Å². The first kappa shape index (κ1) is 18.2. The zero-order valence-corrected chi connectivity index (χ0v) is 12.9. The quantitative estimate of drug-likeness (QED) is 0.268. The van der Waals surface area contributed by atoms with Crippen LogP contribution in [0.5, 0.6) is 5.75 Å². The second-order valence-corrected chi connectivity index (χ2v) is 5.05. The minimum Gasteiger partial charge on any atom is -0.423 e. The second-order valence-electron chi connectivity index (χ2n) is 5.05. The summed E-state index contributed by atoms with van der Waals surface area (Å²) in [6, 6.07) is 10.3. The predicted octanol–water partition coefficient (Wildman–Crippen LogP) is 4.45. The highest BCUT2D eigenvalue weighted by molar-refractivity contribution is 5.93. The standard InChI is InChI=1S/C17H12F3NO4/c1-11-9-13(7-8-15(11)21(23)24)25-16(22)10-14(17(18,19)20)12-5-3-2-4-6-12/h2-10H,1H3/b14-10-. The van der Waals surface area contributed by atoms with E-state index in [2.05, 4.69) is 0 Å². The van der Waals surface area contributed by atoms with Gasteiger partial charge in [-0.15, -0.1) is 0 Å². The molecule has 130 valence electrons. The lowest BCUT2D eigenvalue weighted by atomic mass is 10.1. The van der Waals surface area contributed by atoms with Crippen molar-refractivity contribution in [3.8, 4) is 5.75 Å². The fourth-order valence-corrected chi connectivity index (χ4v) is 2.11. The Morgan fingerprint density at radius 3 is 2.32 bits per heavy atom. The Balaban J connectivity index is 2.28. The summed E-state index contributed by atoms with van der Waals surface area (Å²) < 4.78 is 44.3. The van der Waals surface area contributed by atoms with E-state index in [1.807, 2.05) is 0 Å². The number of rotatable bonds is 4. The Hall–Kier alpha value is -3.16. The zero-order chi connectivity index (χ0) is 18.6. The highest BCUT2D eigenvalue weighted by Gasteiger charge is 2.35. The largest absolute Gasteiger partial charge is 0.423 e. The van der Waals surface area contributed by atoms with Crippen LogP contribution < -0.4 is 4.74 Å². The van der Waals surface area contributed by atoms with Gasteiger partial charge < -0.3 is 4.74 Å². The molecule has 0 saturated carbocycles. The van der Waals surface area contributed by atoms with Crippen molar-refractivity contribution in [3.05, 3.63) is 75.8 Å². The summed E-state index contributed by atoms with van der Waals surface area (Å²) in [6.45, 7) is 1.43. The molecule has 0 unspecified atom stereocenters. The predicted molar refractivity (Wildman–Crippen MR) is 83.9 cm³/mol. The molecule has 25 heavy (non-hydrogen) atoms. The number of halogens is 3. The molecule has 8 heteroatoms. The third kappa shape index (κ3) is 4.66. The van der Waals surface area contributed by atoms with Gasteiger partial charge in [0.2, 0.25) is 0 Å². The molecule has 0 aliphatic rings. The molecule has 2 aromatic rings. The van der Waals surface area contributed by atoms with E-state index in [9.17, 15) is 28.1 Å². The summed E-state index contributed by atoms with van der Waals surface area (Å²) in [5.74, 6) is -1.32. The zero-order valence-electron chi connectivity index (χ0n) is 12.9. The Morgan fingerprint density at radius 1 is 1.16 bits per heavy atom. The molecule has 0 spiro atoms. The Bertz CT molecular complexity index is 830. The maximum absolute atomic E-state index is 13.2. The lowest BCUT2D eigenvalue weighted by molar-refractivity contribution is -0.385. The van der Waals surface area contributed by atoms with Crippen LogP contribution in [0.1, 0.15) is 11.1 Å². The van der Waals surface area contributed by atoms with Crippen LogP contribution in [0.25, 0.3) is 5.57 Å². The van der Waals surface area contributed by atoms with Crippen LogP contribution in [0, 0.1) is 17.0 Å². The average Bonchev–Trinajstić information content (AvgIpc) is 2.52. The monoisotopic (exact) mass is 351 g/mol. The summed E-state index contributed by atoms with van der Waals surface area (Å²) in [7, 11) is 0. The number of nitro groups is 1. The van der Waals surface area contributed by atoms with Gasteiger partial charge in [0, 0.05) is 17.7 Å². The first-order valence-electron chi connectivity index (χ1n) is 6.99. The molecule has 0 aliphatic carbocycles. The summed E-state index contributed by atoms with van der Waals surface area (Å²) in [6.07, 6.45) is -4.39. The molecule has 0 aliphatic heterocycles. The molecular formula is C17H12F3NO4. The molecule has 0 radical (unpaired) electrons. The lowest BCUT2D eigenvalue weighted by Gasteiger charge is -2.12. The van der Waals surface area contributed by atoms with Crippen molar-refractivity contribution in [2.24, 2.45) is 0 Å². The number of carbonyl (C=O) groups excluding carboxylic acids is 1. The maximum Gasteiger partial charge on any atom is 0.417 e. The molecular weight excluding hydrogens is 339 g/mol. The maximum atomic E-state index is 13.2. The normalized spacial score (nSPS) is 11.9. The molecule has 2 aromatic carbocycles. The molecule has 0 fully saturated rings. The molecule has 0 saturated heterocycles. The fourth-order valence-electron chi connectivity index (χ4n) is 2.11. The van der Waals surface area contributed by atoms with Crippen LogP contribution in [0.15, 0.2) is 54.6 Å². The van der Waals surface area contributed by atoms with Crippen LogP contribution in [-0.2, 0) is 4.79 Å². The fraction of sp³-hybridized carbons (Fsp3) is 0.118. The van der Waals surface area contributed by atoms with Crippen LogP contribution in [0.2, 0.25) is 0 Å². The van der Waals surface area contributed by atoms with E-state index in [0.29, 0.717) is 6.08 Å². The van der Waals surface area contributed by atoms with Crippen molar-refractivity contribution < 1.29 is 27.6 Å². The Morgan fingerprint density at radius 2 is 1.80 bits per heavy atom. The molecule has 0 heterocycles. The third-order valence-corrected chi connectivity index (χ3v) is 3.24. The van der Waals surface area contributed by atoms with Crippen molar-refractivity contribution in [1.29, 1.82) is 0 Å². The molecule has 0 bridgehead atoms. The van der Waals surface area contributed by atoms with Gasteiger partial charge in [0.25, 0.3) is 5.69 Å². The van der Waals surface area contributed by atoms with Gasteiger partial charge in [0.15, 0.2) is 0 Å². The highest BCUT2D eigenvalue weighted by atomic mass is 19.4.